The van der Waals surface area contributed by atoms with E-state index in [0.717, 1.165) is 58.0 Å². The van der Waals surface area contributed by atoms with Crippen LogP contribution in [0.25, 0.3) is 22.3 Å². The molecule has 3 nitrogen and oxygen atoms in total. The number of aryl methyl sites for hydroxylation is 1. The summed E-state index contributed by atoms with van der Waals surface area (Å²) in [4.78, 5) is 0.204. The third-order valence-corrected chi connectivity index (χ3v) is 6.94. The van der Waals surface area contributed by atoms with E-state index in [9.17, 15) is 8.42 Å². The van der Waals surface area contributed by atoms with Crippen LogP contribution in [0.3, 0.4) is 0 Å². The summed E-state index contributed by atoms with van der Waals surface area (Å²) in [7, 11) is -3.75. The van der Waals surface area contributed by atoms with Gasteiger partial charge in [-0.3, -0.25) is 4.18 Å². The van der Waals surface area contributed by atoms with Gasteiger partial charge >= 0.3 is 0 Å². The summed E-state index contributed by atoms with van der Waals surface area (Å²) in [6, 6.07) is 21.5. The van der Waals surface area contributed by atoms with Gasteiger partial charge in [-0.05, 0) is 65.4 Å². The second kappa shape index (κ2) is 10.4. The molecule has 30 heavy (non-hydrogen) atoms. The first-order valence-corrected chi connectivity index (χ1v) is 12.5. The van der Waals surface area contributed by atoms with E-state index in [1.165, 1.54) is 0 Å². The van der Waals surface area contributed by atoms with Gasteiger partial charge in [-0.1, -0.05) is 84.6 Å². The molecule has 0 saturated heterocycles. The average Bonchev–Trinajstić information content (AvgIpc) is 2.74. The quantitative estimate of drug-likeness (QED) is 0.234. The molecule has 0 spiro atoms. The largest absolute Gasteiger partial charge is 0.296 e. The first kappa shape index (κ1) is 22.7. The molecular formula is C25H27BrO3S. The Kier molecular flexibility index (Phi) is 7.87. The molecule has 3 aromatic rings. The van der Waals surface area contributed by atoms with Gasteiger partial charge in [0.1, 0.15) is 0 Å². The molecule has 0 aliphatic carbocycles. The van der Waals surface area contributed by atoms with Crippen LogP contribution < -0.4 is 0 Å². The molecule has 158 valence electrons. The van der Waals surface area contributed by atoms with Gasteiger partial charge in [-0.15, -0.1) is 0 Å². The molecule has 0 bridgehead atoms. The topological polar surface area (TPSA) is 43.4 Å². The lowest BCUT2D eigenvalue weighted by Gasteiger charge is -2.11. The second-order valence-corrected chi connectivity index (χ2v) is 9.93. The molecular weight excluding hydrogens is 460 g/mol. The van der Waals surface area contributed by atoms with E-state index in [4.69, 9.17) is 4.18 Å². The highest BCUT2D eigenvalue weighted by Gasteiger charge is 2.17. The molecule has 0 atom stereocenters. The van der Waals surface area contributed by atoms with Gasteiger partial charge < -0.3 is 0 Å². The minimum Gasteiger partial charge on any atom is -0.266 e. The summed E-state index contributed by atoms with van der Waals surface area (Å²) in [6.45, 7) is 4.34. The number of hydrogen-bond donors (Lipinski definition) is 0. The Morgan fingerprint density at radius 1 is 0.800 bits per heavy atom. The summed E-state index contributed by atoms with van der Waals surface area (Å²) in [5.74, 6) is 0. The highest BCUT2D eigenvalue weighted by Crippen LogP contribution is 2.30. The molecule has 0 aromatic heterocycles. The standard InChI is InChI=1S/C25H27BrO3S/c1-3-4-5-6-17-29-30(27,28)24-16-7-19(2)25(18-24)22-10-8-20(9-11-22)21-12-14-23(26)15-13-21/h7-16,18H,3-6,17H2,1-2H3. The monoisotopic (exact) mass is 486 g/mol. The van der Waals surface area contributed by atoms with Crippen LogP contribution in [0.1, 0.15) is 38.2 Å². The molecule has 0 heterocycles. The van der Waals surface area contributed by atoms with Crippen molar-refractivity contribution < 1.29 is 12.6 Å². The van der Waals surface area contributed by atoms with Crippen LogP contribution in [-0.4, -0.2) is 15.0 Å². The molecule has 3 aromatic carbocycles. The Balaban J connectivity index is 1.80. The van der Waals surface area contributed by atoms with Gasteiger partial charge in [0.15, 0.2) is 0 Å². The molecule has 0 aliphatic heterocycles. The first-order valence-electron chi connectivity index (χ1n) is 10.3. The first-order chi connectivity index (χ1) is 14.4. The zero-order valence-corrected chi connectivity index (χ0v) is 19.8. The zero-order valence-electron chi connectivity index (χ0n) is 17.4. The van der Waals surface area contributed by atoms with Gasteiger partial charge in [-0.2, -0.15) is 8.42 Å². The van der Waals surface area contributed by atoms with Gasteiger partial charge in [0.2, 0.25) is 0 Å². The lowest BCUT2D eigenvalue weighted by atomic mass is 9.98. The Bertz CT molecular complexity index is 1070. The maximum absolute atomic E-state index is 12.6. The minimum atomic E-state index is -3.75. The lowest BCUT2D eigenvalue weighted by Crippen LogP contribution is -2.08. The van der Waals surface area contributed by atoms with Gasteiger partial charge in [0.25, 0.3) is 10.1 Å². The molecule has 0 aliphatic rings. The van der Waals surface area contributed by atoms with Crippen molar-refractivity contribution in [3.8, 4) is 22.3 Å². The maximum Gasteiger partial charge on any atom is 0.296 e. The highest BCUT2D eigenvalue weighted by molar-refractivity contribution is 9.10. The van der Waals surface area contributed by atoms with E-state index >= 15 is 0 Å². The normalized spacial score (nSPS) is 11.6. The van der Waals surface area contributed by atoms with E-state index in [2.05, 4.69) is 47.1 Å². The van der Waals surface area contributed by atoms with Crippen LogP contribution in [0, 0.1) is 6.92 Å². The van der Waals surface area contributed by atoms with Crippen LogP contribution in [0.2, 0.25) is 0 Å². The van der Waals surface area contributed by atoms with Crippen molar-refractivity contribution in [1.29, 1.82) is 0 Å². The smallest absolute Gasteiger partial charge is 0.266 e. The fourth-order valence-corrected chi connectivity index (χ4v) is 4.55. The van der Waals surface area contributed by atoms with Crippen LogP contribution in [-0.2, 0) is 14.3 Å². The van der Waals surface area contributed by atoms with E-state index in [0.29, 0.717) is 0 Å². The van der Waals surface area contributed by atoms with E-state index in [-0.39, 0.29) is 11.5 Å². The van der Waals surface area contributed by atoms with Crippen molar-refractivity contribution in [3.05, 3.63) is 76.8 Å². The van der Waals surface area contributed by atoms with Crippen LogP contribution in [0.4, 0.5) is 0 Å². The number of rotatable bonds is 9. The summed E-state index contributed by atoms with van der Waals surface area (Å²) in [5, 5.41) is 0. The highest BCUT2D eigenvalue weighted by atomic mass is 79.9. The van der Waals surface area contributed by atoms with Crippen molar-refractivity contribution in [2.24, 2.45) is 0 Å². The maximum atomic E-state index is 12.6. The second-order valence-electron chi connectivity index (χ2n) is 7.40. The Hall–Kier alpha value is -1.95. The molecule has 0 N–H and O–H groups in total. The van der Waals surface area contributed by atoms with Crippen molar-refractivity contribution in [1.82, 2.24) is 0 Å². The average molecular weight is 487 g/mol. The fraction of sp³-hybridized carbons (Fsp3) is 0.280. The van der Waals surface area contributed by atoms with Gasteiger partial charge in [-0.25, -0.2) is 0 Å². The number of benzene rings is 3. The summed E-state index contributed by atoms with van der Waals surface area (Å²) in [6.07, 6.45) is 3.93. The van der Waals surface area contributed by atoms with E-state index < -0.39 is 10.1 Å². The SMILES string of the molecule is CCCCCCOS(=O)(=O)c1ccc(C)c(-c2ccc(-c3ccc(Br)cc3)cc2)c1. The summed E-state index contributed by atoms with van der Waals surface area (Å²) < 4.78 is 31.5. The van der Waals surface area contributed by atoms with Crippen molar-refractivity contribution in [2.45, 2.75) is 44.4 Å². The fourth-order valence-electron chi connectivity index (χ4n) is 3.32. The third kappa shape index (κ3) is 5.81. The minimum absolute atomic E-state index is 0.204. The van der Waals surface area contributed by atoms with Crippen LogP contribution in [0.15, 0.2) is 76.1 Å². The summed E-state index contributed by atoms with van der Waals surface area (Å²) >= 11 is 3.46. The predicted molar refractivity (Wildman–Crippen MR) is 127 cm³/mol. The molecule has 0 radical (unpaired) electrons. The molecule has 0 unspecified atom stereocenters. The van der Waals surface area contributed by atoms with Crippen molar-refractivity contribution in [3.63, 3.8) is 0 Å². The van der Waals surface area contributed by atoms with Gasteiger partial charge in [0, 0.05) is 4.47 Å². The van der Waals surface area contributed by atoms with Crippen molar-refractivity contribution in [2.75, 3.05) is 6.61 Å². The molecule has 0 fully saturated rings. The zero-order chi connectivity index (χ0) is 21.6. The van der Waals surface area contributed by atoms with E-state index in [1.807, 2.05) is 37.3 Å². The van der Waals surface area contributed by atoms with Crippen molar-refractivity contribution >= 4 is 26.0 Å². The Morgan fingerprint density at radius 2 is 1.40 bits per heavy atom. The predicted octanol–water partition coefficient (Wildman–Crippen LogP) is 7.38. The Labute approximate surface area is 188 Å². The van der Waals surface area contributed by atoms with Gasteiger partial charge in [0.05, 0.1) is 11.5 Å². The summed E-state index contributed by atoms with van der Waals surface area (Å²) in [5.41, 5.74) is 5.15. The molecule has 5 heteroatoms. The third-order valence-electron chi connectivity index (χ3n) is 5.11. The molecule has 3 rings (SSSR count). The number of halogens is 1. The number of hydrogen-bond acceptors (Lipinski definition) is 3. The van der Waals surface area contributed by atoms with E-state index in [1.54, 1.807) is 12.1 Å². The van der Waals surface area contributed by atoms with Crippen LogP contribution in [0.5, 0.6) is 0 Å². The number of unbranched alkanes of at least 4 members (excludes halogenated alkanes) is 3. The molecule has 0 amide bonds. The Morgan fingerprint density at radius 3 is 2.03 bits per heavy atom. The lowest BCUT2D eigenvalue weighted by molar-refractivity contribution is 0.307. The van der Waals surface area contributed by atoms with Crippen LogP contribution >= 0.6 is 15.9 Å². The molecule has 0 saturated carbocycles.